The van der Waals surface area contributed by atoms with E-state index in [-0.39, 0.29) is 0 Å². The smallest absolute Gasteiger partial charge is 0.0349 e. The number of hydrogen-bond acceptors (Lipinski definition) is 1. The van der Waals surface area contributed by atoms with Crippen LogP contribution in [0.25, 0.3) is 43.1 Å². The summed E-state index contributed by atoms with van der Waals surface area (Å²) in [7, 11) is 0. The third-order valence-corrected chi connectivity index (χ3v) is 4.96. The van der Waals surface area contributed by atoms with Crippen LogP contribution >= 0.6 is 11.3 Å². The first-order valence-electron chi connectivity index (χ1n) is 6.45. The summed E-state index contributed by atoms with van der Waals surface area (Å²) in [6.07, 6.45) is 0. The summed E-state index contributed by atoms with van der Waals surface area (Å²) in [4.78, 5) is 0. The van der Waals surface area contributed by atoms with E-state index in [2.05, 4.69) is 60.0 Å². The monoisotopic (exact) mass is 258 g/mol. The minimum atomic E-state index is 1.34. The molecule has 1 aliphatic rings. The molecule has 1 aromatic heterocycles. The second-order valence-corrected chi connectivity index (χ2v) is 6.01. The minimum absolute atomic E-state index is 1.34. The molecule has 1 aliphatic carbocycles. The van der Waals surface area contributed by atoms with Crippen molar-refractivity contribution in [1.82, 2.24) is 0 Å². The van der Waals surface area contributed by atoms with Crippen molar-refractivity contribution in [2.24, 2.45) is 0 Å². The second kappa shape index (κ2) is 3.25. The topological polar surface area (TPSA) is 0 Å². The molecule has 0 radical (unpaired) electrons. The highest BCUT2D eigenvalue weighted by Crippen LogP contribution is 2.48. The second-order valence-electron chi connectivity index (χ2n) is 5.07. The maximum absolute atomic E-state index is 2.35. The molecule has 0 fully saturated rings. The summed E-state index contributed by atoms with van der Waals surface area (Å²) in [5.41, 5.74) is 5.55. The van der Waals surface area contributed by atoms with Gasteiger partial charge in [-0.1, -0.05) is 36.4 Å². The van der Waals surface area contributed by atoms with Gasteiger partial charge in [-0.25, -0.2) is 0 Å². The molecule has 1 heteroatoms. The predicted octanol–water partition coefficient (Wildman–Crippen LogP) is 5.70. The van der Waals surface area contributed by atoms with Gasteiger partial charge < -0.3 is 0 Å². The fraction of sp³-hybridized carbons (Fsp3) is 0. The Morgan fingerprint density at radius 1 is 0.632 bits per heavy atom. The Bertz CT molecular complexity index is 887. The standard InChI is InChI=1S/C18H10S/c1-3-11-4-2-6-14-16-10-17-12(7-8-19-17)9-15(16)13(5-1)18(11)14/h1-10H. The number of benzene rings is 3. The fourth-order valence-electron chi connectivity index (χ4n) is 3.25. The zero-order valence-corrected chi connectivity index (χ0v) is 11.0. The zero-order valence-electron chi connectivity index (χ0n) is 10.2. The Labute approximate surface area is 114 Å². The Balaban J connectivity index is 2.05. The van der Waals surface area contributed by atoms with E-state index in [9.17, 15) is 0 Å². The minimum Gasteiger partial charge on any atom is -0.144 e. The average molecular weight is 258 g/mol. The lowest BCUT2D eigenvalue weighted by Gasteiger charge is -2.01. The summed E-state index contributed by atoms with van der Waals surface area (Å²) < 4.78 is 1.38. The normalized spacial score (nSPS) is 12.2. The SMILES string of the molecule is c1cc2c3c(cccc3c1)-c1cc3sccc3cc1-2. The fourth-order valence-corrected chi connectivity index (χ4v) is 4.06. The molecule has 0 N–H and O–H groups in total. The van der Waals surface area contributed by atoms with Gasteiger partial charge in [-0.3, -0.25) is 0 Å². The van der Waals surface area contributed by atoms with E-state index < -0.39 is 0 Å². The Hall–Kier alpha value is -2.12. The molecule has 0 spiro atoms. The van der Waals surface area contributed by atoms with Crippen molar-refractivity contribution in [1.29, 1.82) is 0 Å². The van der Waals surface area contributed by atoms with Crippen LogP contribution in [0.3, 0.4) is 0 Å². The summed E-state index contributed by atoms with van der Waals surface area (Å²) in [5, 5.41) is 6.28. The van der Waals surface area contributed by atoms with Gasteiger partial charge in [0.1, 0.15) is 0 Å². The van der Waals surface area contributed by atoms with Crippen molar-refractivity contribution in [3.63, 3.8) is 0 Å². The summed E-state index contributed by atoms with van der Waals surface area (Å²) in [6, 6.07) is 20.1. The predicted molar refractivity (Wildman–Crippen MR) is 83.8 cm³/mol. The highest BCUT2D eigenvalue weighted by atomic mass is 32.1. The van der Waals surface area contributed by atoms with Crippen molar-refractivity contribution < 1.29 is 0 Å². The van der Waals surface area contributed by atoms with Crippen molar-refractivity contribution in [2.45, 2.75) is 0 Å². The molecule has 0 saturated carbocycles. The van der Waals surface area contributed by atoms with Crippen LogP contribution in [0, 0.1) is 0 Å². The molecule has 3 aromatic carbocycles. The van der Waals surface area contributed by atoms with Gasteiger partial charge in [0, 0.05) is 4.70 Å². The largest absolute Gasteiger partial charge is 0.144 e. The van der Waals surface area contributed by atoms with E-state index in [1.54, 1.807) is 0 Å². The van der Waals surface area contributed by atoms with E-state index in [1.807, 2.05) is 11.3 Å². The Morgan fingerprint density at radius 2 is 1.37 bits per heavy atom. The van der Waals surface area contributed by atoms with Gasteiger partial charge in [-0.05, 0) is 62.0 Å². The molecule has 0 saturated heterocycles. The van der Waals surface area contributed by atoms with Crippen LogP contribution in [-0.4, -0.2) is 0 Å². The first-order valence-corrected chi connectivity index (χ1v) is 7.33. The Morgan fingerprint density at radius 3 is 2.16 bits per heavy atom. The van der Waals surface area contributed by atoms with Crippen LogP contribution in [0.2, 0.25) is 0 Å². The lowest BCUT2D eigenvalue weighted by molar-refractivity contribution is 1.78. The van der Waals surface area contributed by atoms with Crippen LogP contribution < -0.4 is 0 Å². The van der Waals surface area contributed by atoms with Gasteiger partial charge in [-0.15, -0.1) is 11.3 Å². The lowest BCUT2D eigenvalue weighted by Crippen LogP contribution is -1.75. The average Bonchev–Trinajstić information content (AvgIpc) is 3.02. The molecule has 19 heavy (non-hydrogen) atoms. The molecule has 1 heterocycles. The van der Waals surface area contributed by atoms with Crippen LogP contribution in [0.15, 0.2) is 60.0 Å². The quantitative estimate of drug-likeness (QED) is 0.334. The molecule has 0 unspecified atom stereocenters. The molecular weight excluding hydrogens is 248 g/mol. The highest BCUT2D eigenvalue weighted by molar-refractivity contribution is 7.17. The number of hydrogen-bond donors (Lipinski definition) is 0. The lowest BCUT2D eigenvalue weighted by atomic mass is 10.0. The first-order chi connectivity index (χ1) is 9.42. The van der Waals surface area contributed by atoms with Crippen LogP contribution in [0.1, 0.15) is 0 Å². The third kappa shape index (κ3) is 1.14. The van der Waals surface area contributed by atoms with E-state index in [0.29, 0.717) is 0 Å². The summed E-state index contributed by atoms with van der Waals surface area (Å²) >= 11 is 1.82. The van der Waals surface area contributed by atoms with E-state index in [0.717, 1.165) is 0 Å². The van der Waals surface area contributed by atoms with Crippen molar-refractivity contribution >= 4 is 32.2 Å². The molecule has 0 atom stereocenters. The van der Waals surface area contributed by atoms with Crippen LogP contribution in [0.4, 0.5) is 0 Å². The number of thiophene rings is 1. The van der Waals surface area contributed by atoms with Gasteiger partial charge in [-0.2, -0.15) is 0 Å². The highest BCUT2D eigenvalue weighted by Gasteiger charge is 2.21. The zero-order chi connectivity index (χ0) is 12.4. The number of fused-ring (bicyclic) bond motifs is 4. The van der Waals surface area contributed by atoms with E-state index in [4.69, 9.17) is 0 Å². The molecule has 88 valence electrons. The third-order valence-electron chi connectivity index (χ3n) is 4.08. The van der Waals surface area contributed by atoms with Gasteiger partial charge in [0.2, 0.25) is 0 Å². The van der Waals surface area contributed by atoms with E-state index in [1.165, 1.54) is 43.1 Å². The van der Waals surface area contributed by atoms with Gasteiger partial charge in [0.25, 0.3) is 0 Å². The van der Waals surface area contributed by atoms with Gasteiger partial charge >= 0.3 is 0 Å². The van der Waals surface area contributed by atoms with Crippen molar-refractivity contribution in [3.8, 4) is 22.3 Å². The molecule has 0 aliphatic heterocycles. The summed E-state index contributed by atoms with van der Waals surface area (Å²) in [5.74, 6) is 0. The maximum Gasteiger partial charge on any atom is 0.0349 e. The van der Waals surface area contributed by atoms with Crippen molar-refractivity contribution in [3.05, 3.63) is 60.0 Å². The molecule has 5 rings (SSSR count). The summed E-state index contributed by atoms with van der Waals surface area (Å²) in [6.45, 7) is 0. The molecule has 0 nitrogen and oxygen atoms in total. The van der Waals surface area contributed by atoms with Crippen molar-refractivity contribution in [2.75, 3.05) is 0 Å². The van der Waals surface area contributed by atoms with E-state index >= 15 is 0 Å². The van der Waals surface area contributed by atoms with Crippen LogP contribution in [0.5, 0.6) is 0 Å². The van der Waals surface area contributed by atoms with Crippen LogP contribution in [-0.2, 0) is 0 Å². The molecule has 4 aromatic rings. The van der Waals surface area contributed by atoms with Gasteiger partial charge in [0.05, 0.1) is 0 Å². The molecule has 0 amide bonds. The number of rotatable bonds is 0. The first kappa shape index (κ1) is 9.76. The van der Waals surface area contributed by atoms with Gasteiger partial charge in [0.15, 0.2) is 0 Å². The maximum atomic E-state index is 2.35. The Kier molecular flexibility index (Phi) is 1.67. The molecule has 0 bridgehead atoms. The molecular formula is C18H10S.